The second kappa shape index (κ2) is 4.46. The average molecular weight is 319 g/mol. The fraction of sp³-hybridized carbons (Fsp3) is 0.133. The Bertz CT molecular complexity index is 738. The Morgan fingerprint density at radius 3 is 2.58 bits per heavy atom. The number of fused-ring (bicyclic) bond motifs is 1. The molecule has 0 amide bonds. The van der Waals surface area contributed by atoms with Crippen molar-refractivity contribution >= 4 is 27.0 Å². The molecule has 0 fully saturated rings. The van der Waals surface area contributed by atoms with E-state index in [1.807, 2.05) is 25.1 Å². The van der Waals surface area contributed by atoms with E-state index < -0.39 is 0 Å². The maximum Gasteiger partial charge on any atom is 0.141 e. The fourth-order valence-electron chi connectivity index (χ4n) is 2.08. The molecule has 0 aliphatic carbocycles. The minimum atomic E-state index is -0.290. The van der Waals surface area contributed by atoms with Gasteiger partial charge in [-0.25, -0.2) is 9.37 Å². The van der Waals surface area contributed by atoms with Crippen molar-refractivity contribution in [3.8, 4) is 11.4 Å². The molecule has 1 heterocycles. The molecular formula is C15H12BrFN2. The molecule has 0 spiro atoms. The van der Waals surface area contributed by atoms with E-state index in [2.05, 4.69) is 32.8 Å². The number of halogens is 2. The number of nitrogens with zero attached hydrogens (tertiary/aromatic N) is 1. The summed E-state index contributed by atoms with van der Waals surface area (Å²) in [6.45, 7) is 4.10. The van der Waals surface area contributed by atoms with Gasteiger partial charge in [0.25, 0.3) is 0 Å². The summed E-state index contributed by atoms with van der Waals surface area (Å²) in [5, 5.41) is 0. The number of rotatable bonds is 1. The predicted octanol–water partition coefficient (Wildman–Crippen LogP) is 4.75. The van der Waals surface area contributed by atoms with E-state index in [-0.39, 0.29) is 5.82 Å². The molecule has 3 aromatic rings. The van der Waals surface area contributed by atoms with Crippen LogP contribution in [0.2, 0.25) is 0 Å². The number of hydrogen-bond donors (Lipinski definition) is 1. The van der Waals surface area contributed by atoms with Crippen LogP contribution in [0.1, 0.15) is 11.1 Å². The summed E-state index contributed by atoms with van der Waals surface area (Å²) in [5.41, 5.74) is 4.65. The maximum absolute atomic E-state index is 13.9. The number of aromatic amines is 1. The van der Waals surface area contributed by atoms with Crippen LogP contribution in [0.5, 0.6) is 0 Å². The summed E-state index contributed by atoms with van der Waals surface area (Å²) in [7, 11) is 0. The molecule has 96 valence electrons. The number of imidazole rings is 1. The van der Waals surface area contributed by atoms with Crippen molar-refractivity contribution in [2.24, 2.45) is 0 Å². The summed E-state index contributed by atoms with van der Waals surface area (Å²) >= 11 is 3.25. The van der Waals surface area contributed by atoms with E-state index in [1.54, 1.807) is 6.07 Å². The first-order valence-electron chi connectivity index (χ1n) is 5.97. The van der Waals surface area contributed by atoms with Crippen molar-refractivity contribution in [2.75, 3.05) is 0 Å². The normalized spacial score (nSPS) is 11.2. The number of hydrogen-bond acceptors (Lipinski definition) is 1. The largest absolute Gasteiger partial charge is 0.338 e. The molecule has 4 heteroatoms. The molecule has 0 unspecified atom stereocenters. The zero-order chi connectivity index (χ0) is 13.6. The van der Waals surface area contributed by atoms with E-state index in [0.29, 0.717) is 11.4 Å². The van der Waals surface area contributed by atoms with Gasteiger partial charge in [-0.15, -0.1) is 0 Å². The molecule has 0 saturated heterocycles. The van der Waals surface area contributed by atoms with Gasteiger partial charge in [-0.05, 0) is 55.3 Å². The molecule has 1 N–H and O–H groups in total. The van der Waals surface area contributed by atoms with Crippen LogP contribution < -0.4 is 0 Å². The molecule has 0 saturated carbocycles. The lowest BCUT2D eigenvalue weighted by molar-refractivity contribution is 0.629. The Morgan fingerprint density at radius 1 is 1.11 bits per heavy atom. The van der Waals surface area contributed by atoms with E-state index >= 15 is 0 Å². The second-order valence-electron chi connectivity index (χ2n) is 4.66. The van der Waals surface area contributed by atoms with Crippen molar-refractivity contribution in [1.82, 2.24) is 9.97 Å². The molecule has 2 aromatic carbocycles. The highest BCUT2D eigenvalue weighted by Gasteiger charge is 2.11. The van der Waals surface area contributed by atoms with E-state index in [0.717, 1.165) is 15.5 Å². The van der Waals surface area contributed by atoms with Crippen molar-refractivity contribution < 1.29 is 4.39 Å². The third kappa shape index (κ3) is 2.16. The van der Waals surface area contributed by atoms with Gasteiger partial charge in [-0.1, -0.05) is 15.9 Å². The van der Waals surface area contributed by atoms with Gasteiger partial charge in [0.05, 0.1) is 16.6 Å². The van der Waals surface area contributed by atoms with Gasteiger partial charge in [0.2, 0.25) is 0 Å². The Kier molecular flexibility index (Phi) is 2.90. The fourth-order valence-corrected chi connectivity index (χ4v) is 2.41. The van der Waals surface area contributed by atoms with Crippen LogP contribution in [-0.4, -0.2) is 9.97 Å². The molecular weight excluding hydrogens is 307 g/mol. The minimum Gasteiger partial charge on any atom is -0.338 e. The predicted molar refractivity (Wildman–Crippen MR) is 78.7 cm³/mol. The van der Waals surface area contributed by atoms with Gasteiger partial charge < -0.3 is 4.98 Å². The highest BCUT2D eigenvalue weighted by molar-refractivity contribution is 9.10. The van der Waals surface area contributed by atoms with Crippen LogP contribution >= 0.6 is 15.9 Å². The lowest BCUT2D eigenvalue weighted by atomic mass is 10.1. The van der Waals surface area contributed by atoms with Crippen LogP contribution in [0.25, 0.3) is 22.4 Å². The smallest absolute Gasteiger partial charge is 0.141 e. The topological polar surface area (TPSA) is 28.7 Å². The van der Waals surface area contributed by atoms with Crippen LogP contribution in [0.3, 0.4) is 0 Å². The highest BCUT2D eigenvalue weighted by Crippen LogP contribution is 2.26. The first-order valence-corrected chi connectivity index (χ1v) is 6.76. The Balaban J connectivity index is 2.20. The molecule has 3 rings (SSSR count). The molecule has 2 nitrogen and oxygen atoms in total. The third-order valence-corrected chi connectivity index (χ3v) is 3.78. The summed E-state index contributed by atoms with van der Waals surface area (Å²) in [5.74, 6) is 0.270. The quantitative estimate of drug-likeness (QED) is 0.689. The highest BCUT2D eigenvalue weighted by atomic mass is 79.9. The van der Waals surface area contributed by atoms with Crippen molar-refractivity contribution in [3.63, 3.8) is 0 Å². The Hall–Kier alpha value is -1.68. The number of benzene rings is 2. The van der Waals surface area contributed by atoms with Crippen molar-refractivity contribution in [1.29, 1.82) is 0 Å². The summed E-state index contributed by atoms with van der Waals surface area (Å²) in [6.07, 6.45) is 0. The molecule has 0 aliphatic rings. The Labute approximate surface area is 118 Å². The molecule has 0 aliphatic heterocycles. The lowest BCUT2D eigenvalue weighted by Gasteiger charge is -1.99. The molecule has 1 aromatic heterocycles. The molecule has 0 radical (unpaired) electrons. The van der Waals surface area contributed by atoms with Gasteiger partial charge in [0.1, 0.15) is 11.6 Å². The van der Waals surface area contributed by atoms with E-state index in [1.165, 1.54) is 17.2 Å². The second-order valence-corrected chi connectivity index (χ2v) is 5.58. The van der Waals surface area contributed by atoms with Crippen LogP contribution in [-0.2, 0) is 0 Å². The van der Waals surface area contributed by atoms with Gasteiger partial charge in [0, 0.05) is 4.47 Å². The van der Waals surface area contributed by atoms with E-state index in [4.69, 9.17) is 0 Å². The van der Waals surface area contributed by atoms with E-state index in [9.17, 15) is 4.39 Å². The summed E-state index contributed by atoms with van der Waals surface area (Å²) < 4.78 is 14.7. The molecule has 19 heavy (non-hydrogen) atoms. The number of aromatic nitrogens is 2. The number of H-pyrrole nitrogens is 1. The lowest BCUT2D eigenvalue weighted by Crippen LogP contribution is -1.86. The third-order valence-electron chi connectivity index (χ3n) is 3.28. The Morgan fingerprint density at radius 2 is 1.84 bits per heavy atom. The monoisotopic (exact) mass is 318 g/mol. The van der Waals surface area contributed by atoms with Gasteiger partial charge in [0.15, 0.2) is 0 Å². The number of nitrogens with one attached hydrogen (secondary N) is 1. The SMILES string of the molecule is Cc1cc2nc(-c3ccc(Br)cc3F)[nH]c2cc1C. The molecule has 0 bridgehead atoms. The van der Waals surface area contributed by atoms with Crippen LogP contribution in [0, 0.1) is 19.7 Å². The molecule has 0 atom stereocenters. The first kappa shape index (κ1) is 12.4. The average Bonchev–Trinajstić information content (AvgIpc) is 2.72. The standard InChI is InChI=1S/C15H12BrFN2/c1-8-5-13-14(6-9(8)2)19-15(18-13)11-4-3-10(16)7-12(11)17/h3-7H,1-2H3,(H,18,19). The summed E-state index contributed by atoms with van der Waals surface area (Å²) in [6, 6.07) is 9.03. The van der Waals surface area contributed by atoms with Crippen molar-refractivity contribution in [2.45, 2.75) is 13.8 Å². The maximum atomic E-state index is 13.9. The zero-order valence-electron chi connectivity index (χ0n) is 10.6. The van der Waals surface area contributed by atoms with Gasteiger partial charge >= 0.3 is 0 Å². The minimum absolute atomic E-state index is 0.290. The summed E-state index contributed by atoms with van der Waals surface area (Å²) in [4.78, 5) is 7.64. The van der Waals surface area contributed by atoms with Gasteiger partial charge in [-0.2, -0.15) is 0 Å². The first-order chi connectivity index (χ1) is 9.04. The van der Waals surface area contributed by atoms with Crippen LogP contribution in [0.4, 0.5) is 4.39 Å². The van der Waals surface area contributed by atoms with Crippen LogP contribution in [0.15, 0.2) is 34.8 Å². The zero-order valence-corrected chi connectivity index (χ0v) is 12.2. The van der Waals surface area contributed by atoms with Crippen molar-refractivity contribution in [3.05, 3.63) is 51.7 Å². The van der Waals surface area contributed by atoms with Gasteiger partial charge in [-0.3, -0.25) is 0 Å². The number of aryl methyl sites for hydroxylation is 2.